The third-order valence-electron chi connectivity index (χ3n) is 4.49. The molecule has 0 aliphatic rings. The van der Waals surface area contributed by atoms with Crippen LogP contribution in [0.1, 0.15) is 12.5 Å². The number of nitrogens with one attached hydrogen (secondary N) is 1. The number of alkyl halides is 3. The van der Waals surface area contributed by atoms with Gasteiger partial charge >= 0.3 is 12.1 Å². The number of halogens is 3. The largest absolute Gasteiger partial charge is 0.468 e. The summed E-state index contributed by atoms with van der Waals surface area (Å²) < 4.78 is 67.0. The van der Waals surface area contributed by atoms with Crippen molar-refractivity contribution in [3.63, 3.8) is 0 Å². The van der Waals surface area contributed by atoms with Crippen molar-refractivity contribution in [2.75, 3.05) is 19.9 Å². The Morgan fingerprint density at radius 1 is 1.16 bits per heavy atom. The number of nitrogens with zero attached hydrogens (tertiary/aromatic N) is 1. The minimum atomic E-state index is -4.52. The second-order valence-electron chi connectivity index (χ2n) is 6.88. The first-order valence-corrected chi connectivity index (χ1v) is 11.0. The fraction of sp³-hybridized carbons (Fsp3) is 0.286. The lowest BCUT2D eigenvalue weighted by molar-refractivity contribution is -0.163. The Hall–Kier alpha value is -2.85. The molecule has 0 fully saturated rings. The smallest absolute Gasteiger partial charge is 0.405 e. The van der Waals surface area contributed by atoms with Gasteiger partial charge in [-0.1, -0.05) is 43.0 Å². The van der Waals surface area contributed by atoms with Gasteiger partial charge in [0.1, 0.15) is 12.6 Å². The van der Waals surface area contributed by atoms with Crippen LogP contribution in [0.2, 0.25) is 0 Å². The maximum absolute atomic E-state index is 13.0. The number of methoxy groups -OCH3 is 1. The van der Waals surface area contributed by atoms with E-state index in [4.69, 9.17) is 0 Å². The van der Waals surface area contributed by atoms with Gasteiger partial charge in [-0.25, -0.2) is 13.8 Å². The van der Waals surface area contributed by atoms with Crippen molar-refractivity contribution in [2.24, 2.45) is 0 Å². The molecule has 0 saturated heterocycles. The molecule has 0 aromatic heterocycles. The Balaban J connectivity index is 2.29. The van der Waals surface area contributed by atoms with E-state index in [1.54, 1.807) is 36.4 Å². The molecular weight excluding hydrogens is 433 g/mol. The Labute approximate surface area is 179 Å². The first-order valence-electron chi connectivity index (χ1n) is 9.10. The van der Waals surface area contributed by atoms with E-state index in [2.05, 4.69) is 16.7 Å². The minimum absolute atomic E-state index is 0.137. The highest BCUT2D eigenvalue weighted by molar-refractivity contribution is 7.90. The molecule has 1 N–H and O–H groups in total. The van der Waals surface area contributed by atoms with Crippen molar-refractivity contribution in [3.8, 4) is 11.1 Å². The first-order chi connectivity index (χ1) is 14.3. The second-order valence-corrected chi connectivity index (χ2v) is 8.89. The number of hydrazine groups is 1. The number of rotatable bonds is 8. The molecule has 10 heteroatoms. The van der Waals surface area contributed by atoms with Crippen LogP contribution in [0, 0.1) is 0 Å². The SMILES string of the molecule is C=C(c1ccc(-c2cccc(S(C)(=O)=O)c2)cc1)N(CC(=O)OC)NC(C)C(F)(F)F. The number of carbonyl (C=O) groups excluding carboxylic acids is 1. The van der Waals surface area contributed by atoms with Crippen LogP contribution >= 0.6 is 0 Å². The zero-order valence-electron chi connectivity index (χ0n) is 17.2. The number of sulfone groups is 1. The van der Waals surface area contributed by atoms with Crippen molar-refractivity contribution in [1.82, 2.24) is 10.4 Å². The molecule has 2 rings (SSSR count). The number of benzene rings is 2. The van der Waals surface area contributed by atoms with Gasteiger partial charge in [-0.15, -0.1) is 0 Å². The van der Waals surface area contributed by atoms with Crippen LogP contribution in [0.5, 0.6) is 0 Å². The quantitative estimate of drug-likeness (QED) is 0.483. The van der Waals surface area contributed by atoms with E-state index in [-0.39, 0.29) is 10.6 Å². The predicted molar refractivity (Wildman–Crippen MR) is 111 cm³/mol. The highest BCUT2D eigenvalue weighted by Crippen LogP contribution is 2.26. The van der Waals surface area contributed by atoms with E-state index in [9.17, 15) is 26.4 Å². The van der Waals surface area contributed by atoms with Gasteiger partial charge in [0.25, 0.3) is 0 Å². The summed E-state index contributed by atoms with van der Waals surface area (Å²) in [4.78, 5) is 11.8. The summed E-state index contributed by atoms with van der Waals surface area (Å²) in [6.45, 7) is 4.25. The Morgan fingerprint density at radius 2 is 1.77 bits per heavy atom. The van der Waals surface area contributed by atoms with Gasteiger partial charge < -0.3 is 4.74 Å². The fourth-order valence-corrected chi connectivity index (χ4v) is 3.30. The van der Waals surface area contributed by atoms with E-state index >= 15 is 0 Å². The van der Waals surface area contributed by atoms with Crippen molar-refractivity contribution in [3.05, 3.63) is 60.7 Å². The maximum Gasteiger partial charge on any atom is 0.405 e. The van der Waals surface area contributed by atoms with Crippen LogP contribution in [-0.2, 0) is 19.4 Å². The van der Waals surface area contributed by atoms with E-state index in [1.807, 2.05) is 0 Å². The molecule has 0 spiro atoms. The highest BCUT2D eigenvalue weighted by Gasteiger charge is 2.37. The van der Waals surface area contributed by atoms with Gasteiger partial charge in [0.15, 0.2) is 9.84 Å². The van der Waals surface area contributed by atoms with Gasteiger partial charge in [0.05, 0.1) is 17.7 Å². The summed E-state index contributed by atoms with van der Waals surface area (Å²) in [5.74, 6) is -0.739. The number of carbonyl (C=O) groups is 1. The molecule has 0 bridgehead atoms. The molecule has 168 valence electrons. The van der Waals surface area contributed by atoms with Gasteiger partial charge in [-0.3, -0.25) is 9.80 Å². The topological polar surface area (TPSA) is 75.7 Å². The molecule has 0 heterocycles. The minimum Gasteiger partial charge on any atom is -0.468 e. The van der Waals surface area contributed by atoms with Gasteiger partial charge in [-0.05, 0) is 35.7 Å². The average Bonchev–Trinajstić information content (AvgIpc) is 2.71. The van der Waals surface area contributed by atoms with Crippen molar-refractivity contribution < 1.29 is 31.1 Å². The normalized spacial score (nSPS) is 12.8. The van der Waals surface area contributed by atoms with Crippen molar-refractivity contribution in [1.29, 1.82) is 0 Å². The fourth-order valence-electron chi connectivity index (χ4n) is 2.64. The van der Waals surface area contributed by atoms with Gasteiger partial charge in [0, 0.05) is 6.26 Å². The number of esters is 1. The summed E-state index contributed by atoms with van der Waals surface area (Å²) in [7, 11) is -2.23. The standard InChI is InChI=1S/C21H23F3N2O4S/c1-14(26(13-20(27)30-3)25-15(2)21(22,23)24)16-8-10-17(11-9-16)18-6-5-7-19(12-18)31(4,28)29/h5-12,15,25H,1,13H2,2-4H3. The van der Waals surface area contributed by atoms with Crippen LogP contribution in [0.3, 0.4) is 0 Å². The van der Waals surface area contributed by atoms with Gasteiger partial charge in [-0.2, -0.15) is 13.2 Å². The molecule has 0 aliphatic heterocycles. The summed E-state index contributed by atoms with van der Waals surface area (Å²) in [5, 5.41) is 0.989. The molecular formula is C21H23F3N2O4S. The molecule has 2 aromatic rings. The molecule has 2 aromatic carbocycles. The number of hydrogen-bond donors (Lipinski definition) is 1. The monoisotopic (exact) mass is 456 g/mol. The molecule has 31 heavy (non-hydrogen) atoms. The summed E-state index contributed by atoms with van der Waals surface area (Å²) in [6.07, 6.45) is -3.41. The Morgan fingerprint density at radius 3 is 2.29 bits per heavy atom. The van der Waals surface area contributed by atoms with Crippen LogP contribution in [-0.4, -0.2) is 51.5 Å². The molecule has 1 unspecified atom stereocenters. The lowest BCUT2D eigenvalue weighted by atomic mass is 10.0. The summed E-state index contributed by atoms with van der Waals surface area (Å²) in [6, 6.07) is 11.1. The van der Waals surface area contributed by atoms with Crippen molar-refractivity contribution in [2.45, 2.75) is 24.0 Å². The highest BCUT2D eigenvalue weighted by atomic mass is 32.2. The van der Waals surface area contributed by atoms with Crippen LogP contribution in [0.15, 0.2) is 60.0 Å². The van der Waals surface area contributed by atoms with E-state index in [1.165, 1.54) is 12.1 Å². The molecule has 0 aliphatic carbocycles. The van der Waals surface area contributed by atoms with E-state index in [0.717, 1.165) is 25.3 Å². The zero-order valence-corrected chi connectivity index (χ0v) is 18.0. The van der Waals surface area contributed by atoms with Crippen LogP contribution < -0.4 is 5.43 Å². The second kappa shape index (κ2) is 9.52. The number of ether oxygens (including phenoxy) is 1. The van der Waals surface area contributed by atoms with E-state index in [0.29, 0.717) is 16.7 Å². The van der Waals surface area contributed by atoms with Gasteiger partial charge in [0.2, 0.25) is 0 Å². The molecule has 0 amide bonds. The predicted octanol–water partition coefficient (Wildman–Crippen LogP) is 3.66. The average molecular weight is 456 g/mol. The van der Waals surface area contributed by atoms with Crippen LogP contribution in [0.25, 0.3) is 16.8 Å². The molecule has 0 saturated carbocycles. The molecule has 6 nitrogen and oxygen atoms in total. The lowest BCUT2D eigenvalue weighted by Crippen LogP contribution is -2.50. The lowest BCUT2D eigenvalue weighted by Gasteiger charge is -2.30. The summed E-state index contributed by atoms with van der Waals surface area (Å²) in [5.41, 5.74) is 4.20. The Bertz CT molecular complexity index is 1050. The first kappa shape index (κ1) is 24.4. The Kier molecular flexibility index (Phi) is 7.50. The van der Waals surface area contributed by atoms with Crippen LogP contribution in [0.4, 0.5) is 13.2 Å². The molecule has 0 radical (unpaired) electrons. The number of hydrogen-bond acceptors (Lipinski definition) is 6. The zero-order chi connectivity index (χ0) is 23.4. The van der Waals surface area contributed by atoms with E-state index < -0.39 is 34.6 Å². The summed E-state index contributed by atoms with van der Waals surface area (Å²) >= 11 is 0. The third kappa shape index (κ3) is 6.56. The maximum atomic E-state index is 13.0. The molecule has 1 atom stereocenters. The van der Waals surface area contributed by atoms with Crippen molar-refractivity contribution >= 4 is 21.5 Å². The third-order valence-corrected chi connectivity index (χ3v) is 5.61.